The lowest BCUT2D eigenvalue weighted by Gasteiger charge is -2.06. The van der Waals surface area contributed by atoms with E-state index in [2.05, 4.69) is 14.7 Å². The van der Waals surface area contributed by atoms with E-state index in [1.165, 1.54) is 11.9 Å². The summed E-state index contributed by atoms with van der Waals surface area (Å²) in [5.41, 5.74) is 2.66. The highest BCUT2D eigenvalue weighted by Gasteiger charge is 2.10. The molecule has 4 nitrogen and oxygen atoms in total. The molecule has 0 saturated carbocycles. The van der Waals surface area contributed by atoms with Crippen LogP contribution in [0.15, 0.2) is 63.9 Å². The van der Waals surface area contributed by atoms with E-state index in [0.29, 0.717) is 21.8 Å². The normalized spacial score (nSPS) is 11.1. The maximum atomic E-state index is 6.15. The van der Waals surface area contributed by atoms with Crippen LogP contribution in [0.2, 0.25) is 10.2 Å². The van der Waals surface area contributed by atoms with Crippen molar-refractivity contribution >= 4 is 51.9 Å². The molecule has 0 aliphatic rings. The predicted molar refractivity (Wildman–Crippen MR) is 99.7 cm³/mol. The number of hydrogen-bond acceptors (Lipinski definition) is 4. The molecular weight excluding hydrogens is 365 g/mol. The minimum atomic E-state index is 0.339. The smallest absolute Gasteiger partial charge is 0.194 e. The van der Waals surface area contributed by atoms with Crippen LogP contribution in [0, 0.1) is 0 Å². The number of fused-ring (bicyclic) bond motifs is 1. The van der Waals surface area contributed by atoms with Gasteiger partial charge < -0.3 is 14.1 Å². The van der Waals surface area contributed by atoms with Crippen LogP contribution < -0.4 is 4.72 Å². The van der Waals surface area contributed by atoms with Crippen LogP contribution >= 0.6 is 35.1 Å². The number of nitrogens with zero attached hydrogens (tertiary/aromatic N) is 1. The van der Waals surface area contributed by atoms with Crippen LogP contribution in [0.4, 0.5) is 5.69 Å². The molecule has 0 fully saturated rings. The van der Waals surface area contributed by atoms with E-state index >= 15 is 0 Å². The summed E-state index contributed by atoms with van der Waals surface area (Å²) < 4.78 is 8.64. The number of para-hydroxylation sites is 1. The highest BCUT2D eigenvalue weighted by Crippen LogP contribution is 2.30. The van der Waals surface area contributed by atoms with Crippen molar-refractivity contribution in [1.29, 1.82) is 0 Å². The van der Waals surface area contributed by atoms with Gasteiger partial charge in [-0.2, -0.15) is 0 Å². The highest BCUT2D eigenvalue weighted by molar-refractivity contribution is 8.00. The Bertz CT molecular complexity index is 1010. The van der Waals surface area contributed by atoms with Gasteiger partial charge in [0.05, 0.1) is 21.7 Å². The van der Waals surface area contributed by atoms with Gasteiger partial charge in [-0.15, -0.1) is 0 Å². The zero-order valence-electron chi connectivity index (χ0n) is 12.2. The molecule has 0 spiro atoms. The summed E-state index contributed by atoms with van der Waals surface area (Å²) in [4.78, 5) is 8.79. The number of H-pyrrole nitrogens is 1. The van der Waals surface area contributed by atoms with Gasteiger partial charge in [0, 0.05) is 4.90 Å². The van der Waals surface area contributed by atoms with E-state index in [1.54, 1.807) is 12.1 Å². The lowest BCUT2D eigenvalue weighted by Crippen LogP contribution is -1.87. The van der Waals surface area contributed by atoms with Crippen molar-refractivity contribution in [1.82, 2.24) is 9.97 Å². The largest absolute Gasteiger partial charge is 0.441 e. The van der Waals surface area contributed by atoms with Gasteiger partial charge in [0.1, 0.15) is 0 Å². The standard InChI is InChI=1S/C17H11Cl2N3OS/c18-11-3-1-2-4-12(11)22-24-10-5-6-13-14(9-10)21-17(20-13)15-7-8-16(19)23-15/h1-9,22H,(H,20,21). The second-order valence-electron chi connectivity index (χ2n) is 5.05. The molecule has 2 heterocycles. The van der Waals surface area contributed by atoms with E-state index < -0.39 is 0 Å². The molecule has 2 aromatic carbocycles. The zero-order chi connectivity index (χ0) is 16.5. The van der Waals surface area contributed by atoms with Crippen molar-refractivity contribution < 1.29 is 4.42 Å². The van der Waals surface area contributed by atoms with Crippen molar-refractivity contribution in [3.8, 4) is 11.6 Å². The number of aromatic nitrogens is 2. The van der Waals surface area contributed by atoms with Crippen LogP contribution in [0.5, 0.6) is 0 Å². The number of halogens is 2. The number of imidazole rings is 1. The second-order valence-corrected chi connectivity index (χ2v) is 6.71. The first-order valence-corrected chi connectivity index (χ1v) is 8.69. The van der Waals surface area contributed by atoms with Crippen molar-refractivity contribution in [3.63, 3.8) is 0 Å². The van der Waals surface area contributed by atoms with Crippen LogP contribution in [0.3, 0.4) is 0 Å². The van der Waals surface area contributed by atoms with Crippen molar-refractivity contribution in [2.75, 3.05) is 4.72 Å². The van der Waals surface area contributed by atoms with E-state index in [1.807, 2.05) is 42.5 Å². The molecule has 7 heteroatoms. The lowest BCUT2D eigenvalue weighted by atomic mass is 10.3. The first-order chi connectivity index (χ1) is 11.7. The Balaban J connectivity index is 1.58. The third kappa shape index (κ3) is 3.11. The highest BCUT2D eigenvalue weighted by atomic mass is 35.5. The first-order valence-electron chi connectivity index (χ1n) is 7.12. The number of nitrogens with one attached hydrogen (secondary N) is 2. The number of rotatable bonds is 4. The van der Waals surface area contributed by atoms with Gasteiger partial charge >= 0.3 is 0 Å². The molecule has 24 heavy (non-hydrogen) atoms. The molecule has 0 aliphatic carbocycles. The Kier molecular flexibility index (Phi) is 4.14. The Morgan fingerprint density at radius 2 is 1.92 bits per heavy atom. The fourth-order valence-corrected chi connectivity index (χ4v) is 3.37. The number of hydrogen-bond donors (Lipinski definition) is 2. The number of anilines is 1. The van der Waals surface area contributed by atoms with Gasteiger partial charge in [-0.3, -0.25) is 0 Å². The Morgan fingerprint density at radius 3 is 2.71 bits per heavy atom. The molecule has 0 aliphatic heterocycles. The van der Waals surface area contributed by atoms with Gasteiger partial charge in [-0.05, 0) is 66.0 Å². The van der Waals surface area contributed by atoms with Gasteiger partial charge in [-0.1, -0.05) is 23.7 Å². The summed E-state index contributed by atoms with van der Waals surface area (Å²) >= 11 is 13.4. The maximum absolute atomic E-state index is 6.15. The summed E-state index contributed by atoms with van der Waals surface area (Å²) in [6.07, 6.45) is 0. The maximum Gasteiger partial charge on any atom is 0.194 e. The third-order valence-corrected chi connectivity index (χ3v) is 4.76. The molecule has 0 radical (unpaired) electrons. The van der Waals surface area contributed by atoms with Crippen LogP contribution in [-0.2, 0) is 0 Å². The molecule has 0 bridgehead atoms. The van der Waals surface area contributed by atoms with Crippen LogP contribution in [0.25, 0.3) is 22.6 Å². The Labute approximate surface area is 152 Å². The molecule has 4 aromatic rings. The summed E-state index contributed by atoms with van der Waals surface area (Å²) in [5, 5.41) is 1.02. The predicted octanol–water partition coefficient (Wildman–Crippen LogP) is 6.25. The lowest BCUT2D eigenvalue weighted by molar-refractivity contribution is 0.580. The molecule has 2 aromatic heterocycles. The second kappa shape index (κ2) is 6.43. The van der Waals surface area contributed by atoms with Crippen LogP contribution in [-0.4, -0.2) is 9.97 Å². The number of aromatic amines is 1. The number of furan rings is 1. The van der Waals surface area contributed by atoms with E-state index in [0.717, 1.165) is 21.6 Å². The van der Waals surface area contributed by atoms with E-state index in [9.17, 15) is 0 Å². The molecule has 0 unspecified atom stereocenters. The van der Waals surface area contributed by atoms with E-state index in [4.69, 9.17) is 27.6 Å². The average Bonchev–Trinajstić information content (AvgIpc) is 3.19. The van der Waals surface area contributed by atoms with Crippen LogP contribution in [0.1, 0.15) is 0 Å². The SMILES string of the molecule is Clc1ccc(-c2nc3ccc(SNc4ccccc4Cl)cc3[nH]2)o1. The molecule has 120 valence electrons. The molecule has 0 atom stereocenters. The fourth-order valence-electron chi connectivity index (χ4n) is 2.27. The average molecular weight is 376 g/mol. The third-order valence-electron chi connectivity index (χ3n) is 3.41. The van der Waals surface area contributed by atoms with Gasteiger partial charge in [0.15, 0.2) is 16.8 Å². The summed E-state index contributed by atoms with van der Waals surface area (Å²) in [6, 6.07) is 17.1. The molecule has 2 N–H and O–H groups in total. The molecule has 0 amide bonds. The fraction of sp³-hybridized carbons (Fsp3) is 0. The summed E-state index contributed by atoms with van der Waals surface area (Å²) in [6.45, 7) is 0. The molecule has 0 saturated heterocycles. The van der Waals surface area contributed by atoms with Crippen molar-refractivity contribution in [3.05, 3.63) is 64.8 Å². The van der Waals surface area contributed by atoms with Crippen molar-refractivity contribution in [2.45, 2.75) is 4.90 Å². The minimum absolute atomic E-state index is 0.339. The van der Waals surface area contributed by atoms with Gasteiger partial charge in [-0.25, -0.2) is 4.98 Å². The quantitative estimate of drug-likeness (QED) is 0.414. The van der Waals surface area contributed by atoms with Gasteiger partial charge in [0.25, 0.3) is 0 Å². The molecular formula is C17H11Cl2N3OS. The Morgan fingerprint density at radius 1 is 1.04 bits per heavy atom. The van der Waals surface area contributed by atoms with E-state index in [-0.39, 0.29) is 0 Å². The summed E-state index contributed by atoms with van der Waals surface area (Å²) in [7, 11) is 0. The minimum Gasteiger partial charge on any atom is -0.441 e. The Hall–Kier alpha value is -2.08. The zero-order valence-corrected chi connectivity index (χ0v) is 14.5. The van der Waals surface area contributed by atoms with Crippen molar-refractivity contribution in [2.24, 2.45) is 0 Å². The molecule has 4 rings (SSSR count). The first kappa shape index (κ1) is 15.4. The topological polar surface area (TPSA) is 53.9 Å². The number of benzene rings is 2. The summed E-state index contributed by atoms with van der Waals surface area (Å²) in [5.74, 6) is 1.26. The van der Waals surface area contributed by atoms with Gasteiger partial charge in [0.2, 0.25) is 0 Å². The monoisotopic (exact) mass is 375 g/mol.